The largest absolute Gasteiger partial charge is 0.494 e. The summed E-state index contributed by atoms with van der Waals surface area (Å²) in [6, 6.07) is 5.07. The highest BCUT2D eigenvalue weighted by atomic mass is 32.1. The number of nitrogens with zero attached hydrogens (tertiary/aromatic N) is 2. The lowest BCUT2D eigenvalue weighted by atomic mass is 9.85. The fourth-order valence-corrected chi connectivity index (χ4v) is 5.75. The number of anilines is 1. The van der Waals surface area contributed by atoms with Crippen LogP contribution < -0.4 is 15.4 Å². The van der Waals surface area contributed by atoms with E-state index >= 15 is 0 Å². The van der Waals surface area contributed by atoms with Crippen LogP contribution in [0.3, 0.4) is 0 Å². The first kappa shape index (κ1) is 19.0. The molecule has 9 heteroatoms. The molecule has 2 heterocycles. The van der Waals surface area contributed by atoms with Crippen molar-refractivity contribution >= 4 is 44.5 Å². The lowest BCUT2D eigenvalue weighted by Crippen LogP contribution is -2.51. The molecule has 1 aliphatic heterocycles. The van der Waals surface area contributed by atoms with Gasteiger partial charge in [0.1, 0.15) is 11.9 Å². The number of nitrogens with one attached hydrogen (secondary N) is 2. The Morgan fingerprint density at radius 1 is 1.27 bits per heavy atom. The summed E-state index contributed by atoms with van der Waals surface area (Å²) in [7, 11) is 0. The summed E-state index contributed by atoms with van der Waals surface area (Å²) in [4.78, 5) is 43.8. The monoisotopic (exact) mass is 426 g/mol. The predicted octanol–water partition coefficient (Wildman–Crippen LogP) is 2.97. The van der Waals surface area contributed by atoms with Gasteiger partial charge in [0.15, 0.2) is 5.13 Å². The van der Waals surface area contributed by atoms with Crippen molar-refractivity contribution in [3.8, 4) is 5.75 Å². The summed E-state index contributed by atoms with van der Waals surface area (Å²) in [5.74, 6) is 0.0991. The van der Waals surface area contributed by atoms with E-state index in [4.69, 9.17) is 4.74 Å². The molecule has 0 radical (unpaired) electrons. The third-order valence-corrected chi connectivity index (χ3v) is 7.07. The van der Waals surface area contributed by atoms with Crippen LogP contribution in [0.2, 0.25) is 0 Å². The second kappa shape index (κ2) is 7.09. The maximum atomic E-state index is 12.8. The van der Waals surface area contributed by atoms with Crippen molar-refractivity contribution in [2.24, 2.45) is 23.7 Å². The van der Waals surface area contributed by atoms with E-state index in [1.165, 1.54) is 16.2 Å². The van der Waals surface area contributed by atoms with E-state index in [1.807, 2.05) is 25.1 Å². The number of aromatic nitrogens is 1. The second-order valence-electron chi connectivity index (χ2n) is 7.90. The Hall–Kier alpha value is -2.94. The average Bonchev–Trinajstić information content (AvgIpc) is 3.44. The highest BCUT2D eigenvalue weighted by molar-refractivity contribution is 7.22. The van der Waals surface area contributed by atoms with Gasteiger partial charge < -0.3 is 10.1 Å². The molecule has 2 aliphatic carbocycles. The fraction of sp³-hybridized carbons (Fsp3) is 0.429. The summed E-state index contributed by atoms with van der Waals surface area (Å²) < 4.78 is 6.39. The molecule has 2 fully saturated rings. The van der Waals surface area contributed by atoms with Crippen molar-refractivity contribution in [3.05, 3.63) is 30.4 Å². The van der Waals surface area contributed by atoms with Crippen molar-refractivity contribution in [2.75, 3.05) is 11.9 Å². The smallest absolute Gasteiger partial charge is 0.322 e. The van der Waals surface area contributed by atoms with Crippen molar-refractivity contribution in [1.82, 2.24) is 15.2 Å². The molecular formula is C21H22N4O4S. The van der Waals surface area contributed by atoms with Gasteiger partial charge in [0.25, 0.3) is 0 Å². The first-order valence-corrected chi connectivity index (χ1v) is 10.9. The molecule has 5 rings (SSSR count). The molecular weight excluding hydrogens is 404 g/mol. The summed E-state index contributed by atoms with van der Waals surface area (Å²) in [5, 5.41) is 5.84. The van der Waals surface area contributed by atoms with Crippen LogP contribution in [0.1, 0.15) is 20.3 Å². The molecule has 3 aliphatic rings. The lowest BCUT2D eigenvalue weighted by Gasteiger charge is -2.25. The van der Waals surface area contributed by atoms with E-state index in [0.717, 1.165) is 22.4 Å². The summed E-state index contributed by atoms with van der Waals surface area (Å²) >= 11 is 1.34. The van der Waals surface area contributed by atoms with Crippen LogP contribution in [0.25, 0.3) is 10.2 Å². The summed E-state index contributed by atoms with van der Waals surface area (Å²) in [5.41, 5.74) is 0.731. The number of hydrogen-bond donors (Lipinski definition) is 2. The van der Waals surface area contributed by atoms with Gasteiger partial charge in [0.05, 0.1) is 28.7 Å². The van der Waals surface area contributed by atoms with Crippen molar-refractivity contribution in [2.45, 2.75) is 26.4 Å². The Kier molecular flexibility index (Phi) is 4.50. The highest BCUT2D eigenvalue weighted by Gasteiger charge is 2.60. The van der Waals surface area contributed by atoms with E-state index in [-0.39, 0.29) is 35.5 Å². The quantitative estimate of drug-likeness (QED) is 0.566. The van der Waals surface area contributed by atoms with Crippen LogP contribution in [0, 0.1) is 23.7 Å². The van der Waals surface area contributed by atoms with Crippen molar-refractivity contribution in [1.29, 1.82) is 0 Å². The number of carbonyl (C=O) groups is 3. The van der Waals surface area contributed by atoms with Crippen LogP contribution >= 0.6 is 11.3 Å². The average molecular weight is 426 g/mol. The molecule has 0 spiro atoms. The topological polar surface area (TPSA) is 101 Å². The van der Waals surface area contributed by atoms with Crippen LogP contribution in [0.4, 0.5) is 9.93 Å². The Bertz CT molecular complexity index is 1050. The molecule has 30 heavy (non-hydrogen) atoms. The van der Waals surface area contributed by atoms with Crippen LogP contribution in [0.5, 0.6) is 5.75 Å². The molecule has 156 valence electrons. The normalized spacial score (nSPS) is 27.6. The van der Waals surface area contributed by atoms with Gasteiger partial charge in [-0.15, -0.1) is 0 Å². The Balaban J connectivity index is 1.25. The number of benzene rings is 1. The molecule has 1 aromatic carbocycles. The molecule has 5 atom stereocenters. The number of allylic oxidation sites excluding steroid dienone is 2. The van der Waals surface area contributed by atoms with E-state index in [9.17, 15) is 14.4 Å². The number of thiazole rings is 1. The minimum atomic E-state index is -0.728. The van der Waals surface area contributed by atoms with Gasteiger partial charge in [0, 0.05) is 6.07 Å². The lowest BCUT2D eigenvalue weighted by molar-refractivity contribution is -0.143. The summed E-state index contributed by atoms with van der Waals surface area (Å²) in [6.45, 7) is 4.13. The Morgan fingerprint density at radius 3 is 2.63 bits per heavy atom. The minimum absolute atomic E-state index is 0.145. The van der Waals surface area contributed by atoms with Crippen LogP contribution in [-0.4, -0.2) is 40.5 Å². The molecule has 1 aromatic heterocycles. The van der Waals surface area contributed by atoms with Crippen molar-refractivity contribution in [3.63, 3.8) is 0 Å². The molecule has 1 saturated carbocycles. The molecule has 8 nitrogen and oxygen atoms in total. The van der Waals surface area contributed by atoms with E-state index in [1.54, 1.807) is 6.92 Å². The van der Waals surface area contributed by atoms with Gasteiger partial charge >= 0.3 is 6.03 Å². The Labute approximate surface area is 177 Å². The van der Waals surface area contributed by atoms with Crippen LogP contribution in [-0.2, 0) is 9.59 Å². The fourth-order valence-electron chi connectivity index (χ4n) is 4.91. The first-order valence-electron chi connectivity index (χ1n) is 10.1. The van der Waals surface area contributed by atoms with Gasteiger partial charge in [-0.05, 0) is 44.2 Å². The molecule has 1 saturated heterocycles. The van der Waals surface area contributed by atoms with Gasteiger partial charge in [-0.25, -0.2) is 9.78 Å². The zero-order valence-electron chi connectivity index (χ0n) is 16.6. The second-order valence-corrected chi connectivity index (χ2v) is 8.93. The number of fused-ring (bicyclic) bond motifs is 6. The zero-order valence-corrected chi connectivity index (χ0v) is 17.4. The van der Waals surface area contributed by atoms with E-state index in [0.29, 0.717) is 11.7 Å². The number of amides is 4. The molecule has 2 aromatic rings. The SMILES string of the molecule is CCOc1ccc2sc(NC(=O)N[C@H](C)N3C(=O)[C@@H]4[C@H](C3=O)[C@H]3C=C[C@H]4C3)nc2c1. The highest BCUT2D eigenvalue weighted by Crippen LogP contribution is 2.52. The number of urea groups is 1. The molecule has 2 bridgehead atoms. The summed E-state index contributed by atoms with van der Waals surface area (Å²) in [6.07, 6.45) is 4.25. The molecule has 2 N–H and O–H groups in total. The van der Waals surface area contributed by atoms with Gasteiger partial charge in [0.2, 0.25) is 11.8 Å². The zero-order chi connectivity index (χ0) is 21.0. The predicted molar refractivity (Wildman–Crippen MR) is 112 cm³/mol. The molecule has 4 amide bonds. The minimum Gasteiger partial charge on any atom is -0.494 e. The maximum Gasteiger partial charge on any atom is 0.322 e. The third kappa shape index (κ3) is 2.96. The number of likely N-dealkylation sites (tertiary alicyclic amines) is 1. The van der Waals surface area contributed by atoms with Gasteiger partial charge in [-0.3, -0.25) is 19.8 Å². The number of imide groups is 1. The number of hydrogen-bond acceptors (Lipinski definition) is 6. The Morgan fingerprint density at radius 2 is 1.97 bits per heavy atom. The van der Waals surface area contributed by atoms with Crippen molar-refractivity contribution < 1.29 is 19.1 Å². The van der Waals surface area contributed by atoms with Gasteiger partial charge in [-0.1, -0.05) is 23.5 Å². The van der Waals surface area contributed by atoms with Gasteiger partial charge in [-0.2, -0.15) is 0 Å². The maximum absolute atomic E-state index is 12.8. The molecule has 0 unspecified atom stereocenters. The van der Waals surface area contributed by atoms with Crippen LogP contribution in [0.15, 0.2) is 30.4 Å². The third-order valence-electron chi connectivity index (χ3n) is 6.12. The number of ether oxygens (including phenoxy) is 1. The van der Waals surface area contributed by atoms with E-state index in [2.05, 4.69) is 27.8 Å². The van der Waals surface area contributed by atoms with E-state index < -0.39 is 12.2 Å². The standard InChI is InChI=1S/C21H22N4O4S/c1-3-29-13-6-7-15-14(9-13)23-21(30-15)24-20(28)22-10(2)25-18(26)16-11-4-5-12(8-11)17(16)19(25)27/h4-7,9-12,16-17H,3,8H2,1-2H3,(H2,22,23,24,28)/t10-,11-,12-,16-,17+/m0/s1. The number of carbonyl (C=O) groups excluding carboxylic acids is 3. The number of rotatable bonds is 5. The first-order chi connectivity index (χ1) is 14.5.